The largest absolute Gasteiger partial charge is 0.272 e. The second-order valence-corrected chi connectivity index (χ2v) is 5.22. The highest BCUT2D eigenvalue weighted by atomic mass is 16.7. The van der Waals surface area contributed by atoms with Gasteiger partial charge in [0.25, 0.3) is 0 Å². The Morgan fingerprint density at radius 2 is 1.80 bits per heavy atom. The number of hydrogen-bond acceptors (Lipinski definition) is 2. The third-order valence-corrected chi connectivity index (χ3v) is 3.88. The standard InChI is InChI=1S/C12H21NO2/c1-12(8-4-5-9-12)11(14)13-15-10-6-2-3-7-10/h10H,2-9H2,1H3,(H,13,14). The molecule has 86 valence electrons. The van der Waals surface area contributed by atoms with Gasteiger partial charge >= 0.3 is 0 Å². The van der Waals surface area contributed by atoms with Crippen molar-refractivity contribution in [3.8, 4) is 0 Å². The first-order chi connectivity index (χ1) is 7.21. The molecule has 0 radical (unpaired) electrons. The first-order valence-corrected chi connectivity index (χ1v) is 6.17. The van der Waals surface area contributed by atoms with Crippen molar-refractivity contribution in [3.05, 3.63) is 0 Å². The summed E-state index contributed by atoms with van der Waals surface area (Å²) in [6.45, 7) is 2.05. The fraction of sp³-hybridized carbons (Fsp3) is 0.917. The highest BCUT2D eigenvalue weighted by molar-refractivity contribution is 5.81. The van der Waals surface area contributed by atoms with Gasteiger partial charge in [-0.3, -0.25) is 9.63 Å². The van der Waals surface area contributed by atoms with Crippen LogP contribution in [0.15, 0.2) is 0 Å². The molecule has 0 unspecified atom stereocenters. The molecule has 0 atom stereocenters. The molecule has 0 saturated heterocycles. The lowest BCUT2D eigenvalue weighted by molar-refractivity contribution is -0.147. The number of amides is 1. The lowest BCUT2D eigenvalue weighted by atomic mass is 9.88. The Labute approximate surface area is 91.5 Å². The minimum absolute atomic E-state index is 0.0897. The third kappa shape index (κ3) is 2.51. The number of hydroxylamine groups is 1. The van der Waals surface area contributed by atoms with E-state index in [1.54, 1.807) is 0 Å². The Hall–Kier alpha value is -0.570. The van der Waals surface area contributed by atoms with E-state index in [0.29, 0.717) is 0 Å². The summed E-state index contributed by atoms with van der Waals surface area (Å²) in [6.07, 6.45) is 9.28. The summed E-state index contributed by atoms with van der Waals surface area (Å²) in [5.41, 5.74) is 2.50. The van der Waals surface area contributed by atoms with E-state index in [-0.39, 0.29) is 17.4 Å². The van der Waals surface area contributed by atoms with Crippen LogP contribution in [0.1, 0.15) is 58.3 Å². The van der Waals surface area contributed by atoms with E-state index < -0.39 is 0 Å². The summed E-state index contributed by atoms with van der Waals surface area (Å²) in [5, 5.41) is 0. The summed E-state index contributed by atoms with van der Waals surface area (Å²) in [4.78, 5) is 17.3. The Balaban J connectivity index is 1.76. The van der Waals surface area contributed by atoms with Crippen LogP contribution in [0, 0.1) is 5.41 Å². The monoisotopic (exact) mass is 211 g/mol. The molecule has 1 amide bonds. The van der Waals surface area contributed by atoms with Crippen LogP contribution in [0.3, 0.4) is 0 Å². The first kappa shape index (κ1) is 10.9. The van der Waals surface area contributed by atoms with E-state index in [1.807, 2.05) is 6.92 Å². The van der Waals surface area contributed by atoms with Gasteiger partial charge in [0.05, 0.1) is 6.10 Å². The Bertz CT molecular complexity index is 228. The van der Waals surface area contributed by atoms with Crippen molar-refractivity contribution < 1.29 is 9.63 Å². The molecule has 1 N–H and O–H groups in total. The summed E-state index contributed by atoms with van der Waals surface area (Å²) in [7, 11) is 0. The third-order valence-electron chi connectivity index (χ3n) is 3.88. The molecule has 0 aromatic heterocycles. The van der Waals surface area contributed by atoms with Crippen LogP contribution in [0.5, 0.6) is 0 Å². The van der Waals surface area contributed by atoms with E-state index in [1.165, 1.54) is 25.7 Å². The van der Waals surface area contributed by atoms with E-state index in [2.05, 4.69) is 5.48 Å². The van der Waals surface area contributed by atoms with Gasteiger partial charge in [-0.15, -0.1) is 0 Å². The maximum absolute atomic E-state index is 11.9. The highest BCUT2D eigenvalue weighted by Crippen LogP contribution is 2.37. The number of nitrogens with one attached hydrogen (secondary N) is 1. The number of rotatable bonds is 3. The predicted octanol–water partition coefficient (Wildman–Crippen LogP) is 2.56. The van der Waals surface area contributed by atoms with Gasteiger partial charge in [-0.2, -0.15) is 0 Å². The molecule has 0 aromatic carbocycles. The lowest BCUT2D eigenvalue weighted by Crippen LogP contribution is -2.38. The Kier molecular flexibility index (Phi) is 3.29. The average Bonchev–Trinajstić information content (AvgIpc) is 2.85. The van der Waals surface area contributed by atoms with E-state index in [0.717, 1.165) is 25.7 Å². The molecule has 2 aliphatic carbocycles. The minimum Gasteiger partial charge on any atom is -0.272 e. The number of carbonyl (C=O) groups excluding carboxylic acids is 1. The van der Waals surface area contributed by atoms with Gasteiger partial charge < -0.3 is 0 Å². The first-order valence-electron chi connectivity index (χ1n) is 6.17. The zero-order chi connectivity index (χ0) is 10.7. The van der Waals surface area contributed by atoms with Gasteiger partial charge in [-0.05, 0) is 25.7 Å². The van der Waals surface area contributed by atoms with Gasteiger partial charge in [0.15, 0.2) is 0 Å². The maximum atomic E-state index is 11.9. The van der Waals surface area contributed by atoms with Crippen LogP contribution in [-0.4, -0.2) is 12.0 Å². The van der Waals surface area contributed by atoms with Gasteiger partial charge in [-0.25, -0.2) is 5.48 Å². The van der Waals surface area contributed by atoms with Gasteiger partial charge in [0, 0.05) is 5.41 Å². The molecule has 0 heterocycles. The zero-order valence-corrected chi connectivity index (χ0v) is 9.55. The molecule has 3 heteroatoms. The normalized spacial score (nSPS) is 25.7. The van der Waals surface area contributed by atoms with Crippen LogP contribution < -0.4 is 5.48 Å². The van der Waals surface area contributed by atoms with Gasteiger partial charge in [-0.1, -0.05) is 32.6 Å². The maximum Gasteiger partial charge on any atom is 0.249 e. The molecule has 2 rings (SSSR count). The Morgan fingerprint density at radius 3 is 2.40 bits per heavy atom. The van der Waals surface area contributed by atoms with Crippen LogP contribution in [0.2, 0.25) is 0 Å². The van der Waals surface area contributed by atoms with Crippen molar-refractivity contribution >= 4 is 5.91 Å². The molecule has 0 aromatic rings. The Morgan fingerprint density at radius 1 is 1.20 bits per heavy atom. The second-order valence-electron chi connectivity index (χ2n) is 5.22. The van der Waals surface area contributed by atoms with Crippen LogP contribution in [-0.2, 0) is 9.63 Å². The summed E-state index contributed by atoms with van der Waals surface area (Å²) < 4.78 is 0. The van der Waals surface area contributed by atoms with E-state index in [9.17, 15) is 4.79 Å². The molecule has 2 fully saturated rings. The zero-order valence-electron chi connectivity index (χ0n) is 9.55. The van der Waals surface area contributed by atoms with Crippen molar-refractivity contribution in [2.75, 3.05) is 0 Å². The van der Waals surface area contributed by atoms with Crippen molar-refractivity contribution in [2.24, 2.45) is 5.41 Å². The number of hydrogen-bond donors (Lipinski definition) is 1. The molecule has 0 bridgehead atoms. The summed E-state index contributed by atoms with van der Waals surface area (Å²) >= 11 is 0. The molecule has 15 heavy (non-hydrogen) atoms. The summed E-state index contributed by atoms with van der Waals surface area (Å²) in [5.74, 6) is 0.0897. The number of carbonyl (C=O) groups is 1. The van der Waals surface area contributed by atoms with Crippen molar-refractivity contribution in [1.29, 1.82) is 0 Å². The fourth-order valence-electron chi connectivity index (χ4n) is 2.65. The summed E-state index contributed by atoms with van der Waals surface area (Å²) in [6, 6.07) is 0. The lowest BCUT2D eigenvalue weighted by Gasteiger charge is -2.23. The quantitative estimate of drug-likeness (QED) is 0.729. The average molecular weight is 211 g/mol. The molecule has 2 saturated carbocycles. The van der Waals surface area contributed by atoms with Crippen LogP contribution >= 0.6 is 0 Å². The van der Waals surface area contributed by atoms with Crippen molar-refractivity contribution in [2.45, 2.75) is 64.4 Å². The van der Waals surface area contributed by atoms with E-state index in [4.69, 9.17) is 4.84 Å². The minimum atomic E-state index is -0.168. The SMILES string of the molecule is CC1(C(=O)NOC2CCCC2)CCCC1. The molecule has 2 aliphatic rings. The predicted molar refractivity (Wildman–Crippen MR) is 58.1 cm³/mol. The van der Waals surface area contributed by atoms with Gasteiger partial charge in [0.2, 0.25) is 5.91 Å². The van der Waals surface area contributed by atoms with E-state index >= 15 is 0 Å². The van der Waals surface area contributed by atoms with Crippen molar-refractivity contribution in [3.63, 3.8) is 0 Å². The molecular formula is C12H21NO2. The smallest absolute Gasteiger partial charge is 0.249 e. The van der Waals surface area contributed by atoms with Crippen molar-refractivity contribution in [1.82, 2.24) is 5.48 Å². The van der Waals surface area contributed by atoms with Crippen LogP contribution in [0.25, 0.3) is 0 Å². The second kappa shape index (κ2) is 4.52. The van der Waals surface area contributed by atoms with Crippen LogP contribution in [0.4, 0.5) is 0 Å². The highest BCUT2D eigenvalue weighted by Gasteiger charge is 2.36. The van der Waals surface area contributed by atoms with Gasteiger partial charge in [0.1, 0.15) is 0 Å². The molecule has 3 nitrogen and oxygen atoms in total. The molecule has 0 spiro atoms. The fourth-order valence-corrected chi connectivity index (χ4v) is 2.65. The molecule has 0 aliphatic heterocycles. The molecular weight excluding hydrogens is 190 g/mol. The topological polar surface area (TPSA) is 38.3 Å².